The Labute approximate surface area is 139 Å². The molecule has 2 aliphatic rings. The zero-order valence-electron chi connectivity index (χ0n) is 14.4. The van der Waals surface area contributed by atoms with Gasteiger partial charge in [0.2, 0.25) is 0 Å². The summed E-state index contributed by atoms with van der Waals surface area (Å²) >= 11 is 0. The van der Waals surface area contributed by atoms with Crippen molar-refractivity contribution in [2.24, 2.45) is 10.4 Å². The number of nitrogens with zero attached hydrogens (tertiary/aromatic N) is 1. The Morgan fingerprint density at radius 1 is 1.30 bits per heavy atom. The molecule has 0 aliphatic heterocycles. The Balaban J connectivity index is 1.44. The first-order valence-corrected chi connectivity index (χ1v) is 8.78. The van der Waals surface area contributed by atoms with E-state index in [1.165, 1.54) is 36.8 Å². The fourth-order valence-corrected chi connectivity index (χ4v) is 3.77. The standard InChI is InChI=1S/C19H29N3O/c1-20-18(22-14-19(8-5-9-19)10-11-23-2)21-13-16-12-15-6-3-4-7-17(15)16/h3-4,6-7,16H,5,8-14H2,1-2H3,(H2,20,21,22). The van der Waals surface area contributed by atoms with Crippen LogP contribution >= 0.6 is 0 Å². The second-order valence-electron chi connectivity index (χ2n) is 7.00. The van der Waals surface area contributed by atoms with Crippen LogP contribution in [0.4, 0.5) is 0 Å². The topological polar surface area (TPSA) is 45.7 Å². The molecule has 0 bridgehead atoms. The number of aliphatic imine (C=N–C) groups is 1. The Morgan fingerprint density at radius 2 is 2.13 bits per heavy atom. The number of rotatable bonds is 7. The van der Waals surface area contributed by atoms with Gasteiger partial charge in [-0.2, -0.15) is 0 Å². The molecule has 1 fully saturated rings. The minimum Gasteiger partial charge on any atom is -0.385 e. The maximum atomic E-state index is 5.27. The second kappa shape index (κ2) is 7.35. The van der Waals surface area contributed by atoms with Gasteiger partial charge < -0.3 is 15.4 Å². The molecule has 23 heavy (non-hydrogen) atoms. The van der Waals surface area contributed by atoms with E-state index in [4.69, 9.17) is 4.74 Å². The summed E-state index contributed by atoms with van der Waals surface area (Å²) in [5.41, 5.74) is 3.40. The summed E-state index contributed by atoms with van der Waals surface area (Å²) < 4.78 is 5.27. The second-order valence-corrected chi connectivity index (χ2v) is 7.00. The lowest BCUT2D eigenvalue weighted by molar-refractivity contribution is 0.0732. The van der Waals surface area contributed by atoms with Gasteiger partial charge in [0.25, 0.3) is 0 Å². The Kier molecular flexibility index (Phi) is 5.21. The van der Waals surface area contributed by atoms with Gasteiger partial charge in [0.05, 0.1) is 0 Å². The molecule has 0 heterocycles. The predicted octanol–water partition coefficient (Wildman–Crippen LogP) is 2.70. The highest BCUT2D eigenvalue weighted by atomic mass is 16.5. The summed E-state index contributed by atoms with van der Waals surface area (Å²) in [5, 5.41) is 7.03. The Morgan fingerprint density at radius 3 is 2.78 bits per heavy atom. The molecule has 1 aromatic rings. The maximum Gasteiger partial charge on any atom is 0.191 e. The average molecular weight is 315 g/mol. The van der Waals surface area contributed by atoms with E-state index in [9.17, 15) is 0 Å². The minimum atomic E-state index is 0.413. The molecule has 3 rings (SSSR count). The van der Waals surface area contributed by atoms with Crippen molar-refractivity contribution in [3.8, 4) is 0 Å². The summed E-state index contributed by atoms with van der Waals surface area (Å²) in [5.74, 6) is 1.55. The monoisotopic (exact) mass is 315 g/mol. The van der Waals surface area contributed by atoms with Gasteiger partial charge >= 0.3 is 0 Å². The molecule has 2 N–H and O–H groups in total. The van der Waals surface area contributed by atoms with Crippen molar-refractivity contribution in [1.82, 2.24) is 10.6 Å². The van der Waals surface area contributed by atoms with E-state index in [2.05, 4.69) is 39.9 Å². The lowest BCUT2D eigenvalue weighted by Crippen LogP contribution is -2.48. The van der Waals surface area contributed by atoms with Crippen LogP contribution in [0.5, 0.6) is 0 Å². The molecule has 1 atom stereocenters. The number of ether oxygens (including phenoxy) is 1. The van der Waals surface area contributed by atoms with Crippen LogP contribution in [0.2, 0.25) is 0 Å². The molecule has 0 radical (unpaired) electrons. The van der Waals surface area contributed by atoms with E-state index in [1.54, 1.807) is 7.11 Å². The van der Waals surface area contributed by atoms with Gasteiger partial charge in [-0.25, -0.2) is 0 Å². The van der Waals surface area contributed by atoms with Crippen LogP contribution < -0.4 is 10.6 Å². The Hall–Kier alpha value is -1.55. The molecule has 0 amide bonds. The smallest absolute Gasteiger partial charge is 0.191 e. The highest BCUT2D eigenvalue weighted by Crippen LogP contribution is 2.43. The van der Waals surface area contributed by atoms with Gasteiger partial charge in [0, 0.05) is 39.8 Å². The number of guanidine groups is 1. The van der Waals surface area contributed by atoms with E-state index < -0.39 is 0 Å². The van der Waals surface area contributed by atoms with E-state index in [0.29, 0.717) is 11.3 Å². The van der Waals surface area contributed by atoms with Crippen LogP contribution in [0.3, 0.4) is 0 Å². The average Bonchev–Trinajstić information content (AvgIpc) is 2.52. The molecule has 0 aromatic heterocycles. The quantitative estimate of drug-likeness (QED) is 0.601. The van der Waals surface area contributed by atoms with E-state index >= 15 is 0 Å². The largest absolute Gasteiger partial charge is 0.385 e. The van der Waals surface area contributed by atoms with E-state index in [0.717, 1.165) is 32.1 Å². The van der Waals surface area contributed by atoms with Gasteiger partial charge in [-0.15, -0.1) is 0 Å². The van der Waals surface area contributed by atoms with Crippen LogP contribution in [0.25, 0.3) is 0 Å². The molecule has 0 saturated heterocycles. The van der Waals surface area contributed by atoms with Crippen LogP contribution in [0.15, 0.2) is 29.3 Å². The molecule has 126 valence electrons. The third kappa shape index (κ3) is 3.69. The van der Waals surface area contributed by atoms with Crippen molar-refractivity contribution < 1.29 is 4.74 Å². The van der Waals surface area contributed by atoms with Crippen molar-refractivity contribution in [2.45, 2.75) is 38.0 Å². The first-order valence-electron chi connectivity index (χ1n) is 8.78. The normalized spacial score (nSPS) is 21.8. The van der Waals surface area contributed by atoms with Gasteiger partial charge in [-0.1, -0.05) is 30.7 Å². The third-order valence-electron chi connectivity index (χ3n) is 5.58. The molecular weight excluding hydrogens is 286 g/mol. The van der Waals surface area contributed by atoms with Crippen LogP contribution in [0, 0.1) is 5.41 Å². The summed E-state index contributed by atoms with van der Waals surface area (Å²) in [6, 6.07) is 8.74. The fourth-order valence-electron chi connectivity index (χ4n) is 3.77. The molecule has 1 aromatic carbocycles. The lowest BCUT2D eigenvalue weighted by Gasteiger charge is -2.42. The van der Waals surface area contributed by atoms with E-state index in [1.807, 2.05) is 7.05 Å². The van der Waals surface area contributed by atoms with Crippen molar-refractivity contribution in [2.75, 3.05) is 33.9 Å². The summed E-state index contributed by atoms with van der Waals surface area (Å²) in [6.45, 7) is 2.81. The van der Waals surface area contributed by atoms with Crippen molar-refractivity contribution in [3.63, 3.8) is 0 Å². The Bertz CT molecular complexity index is 551. The molecule has 1 saturated carbocycles. The highest BCUT2D eigenvalue weighted by Gasteiger charge is 2.36. The van der Waals surface area contributed by atoms with E-state index in [-0.39, 0.29) is 0 Å². The zero-order valence-corrected chi connectivity index (χ0v) is 14.4. The number of methoxy groups -OCH3 is 1. The highest BCUT2D eigenvalue weighted by molar-refractivity contribution is 5.79. The summed E-state index contributed by atoms with van der Waals surface area (Å²) in [7, 11) is 3.64. The number of benzene rings is 1. The van der Waals surface area contributed by atoms with Crippen LogP contribution in [0.1, 0.15) is 42.7 Å². The van der Waals surface area contributed by atoms with Gasteiger partial charge in [0.15, 0.2) is 5.96 Å². The van der Waals surface area contributed by atoms with Crippen molar-refractivity contribution in [3.05, 3.63) is 35.4 Å². The SMILES string of the molecule is CN=C(NCC1Cc2ccccc21)NCC1(CCOC)CCC1. The first kappa shape index (κ1) is 16.3. The molecule has 4 heteroatoms. The fraction of sp³-hybridized carbons (Fsp3) is 0.632. The third-order valence-corrected chi connectivity index (χ3v) is 5.58. The first-order chi connectivity index (χ1) is 11.3. The van der Waals surface area contributed by atoms with Crippen molar-refractivity contribution >= 4 is 5.96 Å². The number of hydrogen-bond acceptors (Lipinski definition) is 2. The molecule has 0 spiro atoms. The zero-order chi connectivity index (χ0) is 16.1. The predicted molar refractivity (Wildman–Crippen MR) is 95.0 cm³/mol. The summed E-state index contributed by atoms with van der Waals surface area (Å²) in [6.07, 6.45) is 6.27. The number of nitrogens with one attached hydrogen (secondary N) is 2. The van der Waals surface area contributed by atoms with Crippen molar-refractivity contribution in [1.29, 1.82) is 0 Å². The van der Waals surface area contributed by atoms with Gasteiger partial charge in [0.1, 0.15) is 0 Å². The lowest BCUT2D eigenvalue weighted by atomic mass is 9.67. The minimum absolute atomic E-state index is 0.413. The molecule has 4 nitrogen and oxygen atoms in total. The molecule has 2 aliphatic carbocycles. The number of hydrogen-bond donors (Lipinski definition) is 2. The van der Waals surface area contributed by atoms with Gasteiger partial charge in [-0.05, 0) is 42.2 Å². The summed E-state index contributed by atoms with van der Waals surface area (Å²) in [4.78, 5) is 4.38. The molecule has 1 unspecified atom stereocenters. The maximum absolute atomic E-state index is 5.27. The van der Waals surface area contributed by atoms with Crippen LogP contribution in [-0.2, 0) is 11.2 Å². The molecular formula is C19H29N3O. The van der Waals surface area contributed by atoms with Crippen LogP contribution in [-0.4, -0.2) is 39.8 Å². The van der Waals surface area contributed by atoms with Gasteiger partial charge in [-0.3, -0.25) is 4.99 Å². The number of fused-ring (bicyclic) bond motifs is 1.